The molecule has 1 nitrogen and oxygen atoms in total. The Hall–Kier alpha value is -0.890. The molecule has 0 aromatic carbocycles. The first-order chi connectivity index (χ1) is 6.56. The molecule has 0 unspecified atom stereocenters. The van der Waals surface area contributed by atoms with Gasteiger partial charge in [0.1, 0.15) is 5.01 Å². The van der Waals surface area contributed by atoms with Crippen LogP contribution in [0, 0.1) is 0 Å². The number of rotatable bonds is 2. The molecule has 0 spiro atoms. The van der Waals surface area contributed by atoms with Gasteiger partial charge in [0.25, 0.3) is 0 Å². The fraction of sp³-hybridized carbons (Fsp3) is 0.417. The van der Waals surface area contributed by atoms with Gasteiger partial charge in [0.05, 0.1) is 4.88 Å². The van der Waals surface area contributed by atoms with Gasteiger partial charge in [0.2, 0.25) is 0 Å². The van der Waals surface area contributed by atoms with Crippen LogP contribution in [0.2, 0.25) is 0 Å². The van der Waals surface area contributed by atoms with Crippen LogP contribution in [0.1, 0.15) is 44.5 Å². The second-order valence-electron chi connectivity index (χ2n) is 3.63. The lowest BCUT2D eigenvalue weighted by Gasteiger charge is -1.97. The quantitative estimate of drug-likeness (QED) is 0.701. The monoisotopic (exact) mass is 207 g/mol. The maximum absolute atomic E-state index is 4.43. The smallest absolute Gasteiger partial charge is 0.119 e. The van der Waals surface area contributed by atoms with Gasteiger partial charge >= 0.3 is 0 Å². The van der Waals surface area contributed by atoms with Crippen LogP contribution in [-0.2, 0) is 0 Å². The van der Waals surface area contributed by atoms with E-state index in [0.717, 1.165) is 5.01 Å². The molecule has 14 heavy (non-hydrogen) atoms. The zero-order valence-corrected chi connectivity index (χ0v) is 10.3. The van der Waals surface area contributed by atoms with Crippen molar-refractivity contribution in [1.29, 1.82) is 0 Å². The first-order valence-electron chi connectivity index (χ1n) is 4.79. The van der Waals surface area contributed by atoms with Crippen LogP contribution in [0.15, 0.2) is 17.8 Å². The lowest BCUT2D eigenvalue weighted by Crippen LogP contribution is -1.78. The van der Waals surface area contributed by atoms with E-state index in [1.54, 1.807) is 11.3 Å². The van der Waals surface area contributed by atoms with Crippen molar-refractivity contribution in [2.45, 2.75) is 34.6 Å². The minimum atomic E-state index is 1.14. The SMILES string of the molecule is CC=C(C)c1cnc(C(C)=C(C)C)s1. The molecule has 0 radical (unpaired) electrons. The molecule has 0 saturated heterocycles. The topological polar surface area (TPSA) is 12.9 Å². The van der Waals surface area contributed by atoms with E-state index >= 15 is 0 Å². The van der Waals surface area contributed by atoms with Gasteiger partial charge in [-0.15, -0.1) is 11.3 Å². The van der Waals surface area contributed by atoms with Crippen molar-refractivity contribution >= 4 is 22.5 Å². The van der Waals surface area contributed by atoms with Gasteiger partial charge in [-0.2, -0.15) is 0 Å². The number of allylic oxidation sites excluding steroid dienone is 4. The molecule has 0 aliphatic carbocycles. The summed E-state index contributed by atoms with van der Waals surface area (Å²) in [5.41, 5.74) is 3.93. The van der Waals surface area contributed by atoms with E-state index in [1.165, 1.54) is 21.6 Å². The maximum atomic E-state index is 4.43. The number of aromatic nitrogens is 1. The molecule has 1 rings (SSSR count). The van der Waals surface area contributed by atoms with E-state index in [0.29, 0.717) is 0 Å². The first kappa shape index (κ1) is 11.2. The maximum Gasteiger partial charge on any atom is 0.119 e. The fourth-order valence-corrected chi connectivity index (χ4v) is 2.04. The van der Waals surface area contributed by atoms with Gasteiger partial charge in [0.15, 0.2) is 0 Å². The predicted octanol–water partition coefficient (Wildman–Crippen LogP) is 4.38. The van der Waals surface area contributed by atoms with Crippen molar-refractivity contribution in [2.24, 2.45) is 0 Å². The second kappa shape index (κ2) is 4.56. The van der Waals surface area contributed by atoms with Crippen LogP contribution in [0.25, 0.3) is 11.1 Å². The van der Waals surface area contributed by atoms with Crippen LogP contribution >= 0.6 is 11.3 Å². The van der Waals surface area contributed by atoms with Crippen molar-refractivity contribution in [3.63, 3.8) is 0 Å². The lowest BCUT2D eigenvalue weighted by atomic mass is 10.2. The Labute approximate surface area is 90.2 Å². The predicted molar refractivity (Wildman–Crippen MR) is 65.4 cm³/mol. The highest BCUT2D eigenvalue weighted by atomic mass is 32.1. The normalized spacial score (nSPS) is 11.6. The molecule has 76 valence electrons. The number of thiazole rings is 1. The third kappa shape index (κ3) is 2.32. The van der Waals surface area contributed by atoms with Gasteiger partial charge in [-0.05, 0) is 45.8 Å². The van der Waals surface area contributed by atoms with Gasteiger partial charge in [-0.1, -0.05) is 11.6 Å². The van der Waals surface area contributed by atoms with Crippen LogP contribution in [0.4, 0.5) is 0 Å². The van der Waals surface area contributed by atoms with E-state index in [1.807, 2.05) is 6.20 Å². The average Bonchev–Trinajstić information content (AvgIpc) is 2.64. The Morgan fingerprint density at radius 1 is 1.29 bits per heavy atom. The third-order valence-electron chi connectivity index (χ3n) is 2.40. The number of nitrogens with zero attached hydrogens (tertiary/aromatic N) is 1. The van der Waals surface area contributed by atoms with Crippen molar-refractivity contribution in [3.05, 3.63) is 27.7 Å². The van der Waals surface area contributed by atoms with Crippen LogP contribution in [0.3, 0.4) is 0 Å². The highest BCUT2D eigenvalue weighted by molar-refractivity contribution is 7.13. The molecule has 1 aromatic heterocycles. The van der Waals surface area contributed by atoms with Crippen molar-refractivity contribution in [3.8, 4) is 0 Å². The highest BCUT2D eigenvalue weighted by Gasteiger charge is 2.05. The van der Waals surface area contributed by atoms with E-state index in [4.69, 9.17) is 0 Å². The summed E-state index contributed by atoms with van der Waals surface area (Å²) >= 11 is 1.76. The number of hydrogen-bond acceptors (Lipinski definition) is 2. The molecule has 0 fully saturated rings. The van der Waals surface area contributed by atoms with Gasteiger partial charge in [-0.25, -0.2) is 4.98 Å². The van der Waals surface area contributed by atoms with E-state index < -0.39 is 0 Å². The van der Waals surface area contributed by atoms with Crippen molar-refractivity contribution < 1.29 is 0 Å². The molecule has 2 heteroatoms. The van der Waals surface area contributed by atoms with Crippen molar-refractivity contribution in [2.75, 3.05) is 0 Å². The minimum Gasteiger partial charge on any atom is -0.244 e. The summed E-state index contributed by atoms with van der Waals surface area (Å²) in [6, 6.07) is 0. The van der Waals surface area contributed by atoms with Gasteiger partial charge in [0, 0.05) is 6.20 Å². The molecule has 0 N–H and O–H groups in total. The summed E-state index contributed by atoms with van der Waals surface area (Å²) in [5.74, 6) is 0. The molecule has 0 bridgehead atoms. The van der Waals surface area contributed by atoms with E-state index in [9.17, 15) is 0 Å². The molecular weight excluding hydrogens is 190 g/mol. The molecule has 0 amide bonds. The summed E-state index contributed by atoms with van der Waals surface area (Å²) in [6.07, 6.45) is 4.08. The minimum absolute atomic E-state index is 1.14. The Morgan fingerprint density at radius 3 is 2.43 bits per heavy atom. The molecule has 1 heterocycles. The van der Waals surface area contributed by atoms with Crippen LogP contribution < -0.4 is 0 Å². The summed E-state index contributed by atoms with van der Waals surface area (Å²) in [6.45, 7) is 10.6. The molecular formula is C12H17NS. The molecule has 0 aliphatic rings. The lowest BCUT2D eigenvalue weighted by molar-refractivity contribution is 1.30. The average molecular weight is 207 g/mol. The Balaban J connectivity index is 3.06. The number of hydrogen-bond donors (Lipinski definition) is 0. The molecule has 0 atom stereocenters. The summed E-state index contributed by atoms with van der Waals surface area (Å²) in [7, 11) is 0. The fourth-order valence-electron chi connectivity index (χ4n) is 0.986. The summed E-state index contributed by atoms with van der Waals surface area (Å²) in [4.78, 5) is 5.69. The third-order valence-corrected chi connectivity index (χ3v) is 3.65. The van der Waals surface area contributed by atoms with Gasteiger partial charge < -0.3 is 0 Å². The molecule has 0 aliphatic heterocycles. The Bertz CT molecular complexity index is 379. The summed E-state index contributed by atoms with van der Waals surface area (Å²) < 4.78 is 0. The zero-order valence-electron chi connectivity index (χ0n) is 9.51. The standard InChI is InChI=1S/C12H17NS/c1-6-9(4)11-7-13-12(14-11)10(5)8(2)3/h6-7H,1-5H3. The van der Waals surface area contributed by atoms with Crippen molar-refractivity contribution in [1.82, 2.24) is 4.98 Å². The highest BCUT2D eigenvalue weighted by Crippen LogP contribution is 2.27. The Morgan fingerprint density at radius 2 is 1.93 bits per heavy atom. The van der Waals surface area contributed by atoms with Crippen LogP contribution in [0.5, 0.6) is 0 Å². The largest absolute Gasteiger partial charge is 0.244 e. The zero-order chi connectivity index (χ0) is 10.7. The molecule has 0 saturated carbocycles. The molecule has 1 aromatic rings. The van der Waals surface area contributed by atoms with E-state index in [-0.39, 0.29) is 0 Å². The first-order valence-corrected chi connectivity index (χ1v) is 5.61. The van der Waals surface area contributed by atoms with E-state index in [2.05, 4.69) is 45.7 Å². The van der Waals surface area contributed by atoms with Gasteiger partial charge in [-0.3, -0.25) is 0 Å². The second-order valence-corrected chi connectivity index (χ2v) is 4.66. The van der Waals surface area contributed by atoms with Crippen LogP contribution in [-0.4, -0.2) is 4.98 Å². The summed E-state index contributed by atoms with van der Waals surface area (Å²) in [5, 5.41) is 1.14. The Kier molecular flexibility index (Phi) is 3.64.